The van der Waals surface area contributed by atoms with Gasteiger partial charge < -0.3 is 8.86 Å². The molecule has 1 aromatic heterocycles. The minimum atomic E-state index is -6.72. The van der Waals surface area contributed by atoms with Crippen LogP contribution in [0.4, 0.5) is 26.3 Å². The van der Waals surface area contributed by atoms with Crippen molar-refractivity contribution >= 4 is 20.0 Å². The maximum atomic E-state index is 11.4. The van der Waals surface area contributed by atoms with Crippen LogP contribution in [0.5, 0.6) is 0 Å². The molecule has 170 valence electrons. The van der Waals surface area contributed by atoms with E-state index in [1.807, 2.05) is 0 Å². The summed E-state index contributed by atoms with van der Waals surface area (Å²) in [6.07, 6.45) is 7.66. The van der Waals surface area contributed by atoms with Crippen molar-refractivity contribution in [2.45, 2.75) is 44.4 Å². The maximum absolute atomic E-state index is 11.4. The van der Waals surface area contributed by atoms with Gasteiger partial charge in [-0.25, -0.2) is 26.0 Å². The fraction of sp³-hybridized carbons (Fsp3) is 0.769. The molecule has 16 heteroatoms. The summed E-state index contributed by atoms with van der Waals surface area (Å²) < 4.78 is 119. The number of alkyl halides is 6. The molecule has 0 atom stereocenters. The van der Waals surface area contributed by atoms with Gasteiger partial charge in [0.2, 0.25) is 6.33 Å². The Hall–Kier alpha value is -1.39. The van der Waals surface area contributed by atoms with E-state index in [0.29, 0.717) is 5.41 Å². The summed E-state index contributed by atoms with van der Waals surface area (Å²) in [4.78, 5) is 0. The smallest absolute Gasteiger partial charge is 0.421 e. The fourth-order valence-corrected chi connectivity index (χ4v) is 3.83. The Balaban J connectivity index is 0.000000290. The molecule has 0 saturated carbocycles. The minimum Gasteiger partial charge on any atom is -0.421 e. The average molecular weight is 475 g/mol. The lowest BCUT2D eigenvalue weighted by Crippen LogP contribution is -2.52. The standard InChI is InChI=1S/C11H19N2O.C2F6NO4S2/c1-3-11(8-14-9-11)7-13-6-5-12(4-2)10-13;3-1(4,5)14(10,11)9-15(12,13)2(6,7)8/h5-6,10H,3-4,7-9H2,1-2H3;/q+1;-1. The molecule has 1 saturated heterocycles. The van der Waals surface area contributed by atoms with Crippen LogP contribution < -0.4 is 4.57 Å². The van der Waals surface area contributed by atoms with E-state index in [-0.39, 0.29) is 0 Å². The van der Waals surface area contributed by atoms with Gasteiger partial charge in [0.25, 0.3) is 0 Å². The molecule has 1 fully saturated rings. The van der Waals surface area contributed by atoms with E-state index in [1.165, 1.54) is 6.42 Å². The molecular weight excluding hydrogens is 456 g/mol. The van der Waals surface area contributed by atoms with E-state index in [1.54, 1.807) is 0 Å². The lowest BCUT2D eigenvalue weighted by molar-refractivity contribution is -0.714. The Morgan fingerprint density at radius 1 is 1.03 bits per heavy atom. The third kappa shape index (κ3) is 6.55. The predicted molar refractivity (Wildman–Crippen MR) is 87.2 cm³/mol. The summed E-state index contributed by atoms with van der Waals surface area (Å²) in [5.41, 5.74) is -12.0. The first-order valence-electron chi connectivity index (χ1n) is 7.98. The molecule has 0 bridgehead atoms. The molecule has 0 radical (unpaired) electrons. The second-order valence-electron chi connectivity index (χ2n) is 6.18. The molecule has 8 nitrogen and oxygen atoms in total. The molecule has 0 amide bonds. The Bertz CT molecular complexity index is 841. The second-order valence-corrected chi connectivity index (χ2v) is 9.60. The van der Waals surface area contributed by atoms with Crippen LogP contribution in [0.15, 0.2) is 18.7 Å². The number of rotatable bonds is 6. The van der Waals surface area contributed by atoms with Gasteiger partial charge in [-0.15, -0.1) is 0 Å². The number of nitrogens with zero attached hydrogens (tertiary/aromatic N) is 3. The number of aryl methyl sites for hydroxylation is 1. The first-order chi connectivity index (χ1) is 13.0. The maximum Gasteiger partial charge on any atom is 0.480 e. The first kappa shape index (κ1) is 25.6. The largest absolute Gasteiger partial charge is 0.480 e. The zero-order chi connectivity index (χ0) is 22.7. The van der Waals surface area contributed by atoms with Gasteiger partial charge in [0.1, 0.15) is 12.4 Å². The number of halogens is 6. The van der Waals surface area contributed by atoms with Gasteiger partial charge in [0, 0.05) is 0 Å². The lowest BCUT2D eigenvalue weighted by Gasteiger charge is -2.39. The van der Waals surface area contributed by atoms with E-state index in [4.69, 9.17) is 4.74 Å². The predicted octanol–water partition coefficient (Wildman–Crippen LogP) is 2.28. The van der Waals surface area contributed by atoms with Gasteiger partial charge in [-0.3, -0.25) is 0 Å². The van der Waals surface area contributed by atoms with Crippen molar-refractivity contribution in [1.82, 2.24) is 4.57 Å². The molecule has 0 aliphatic carbocycles. The highest BCUT2D eigenvalue weighted by Crippen LogP contribution is 2.36. The van der Waals surface area contributed by atoms with Crippen molar-refractivity contribution in [2.24, 2.45) is 5.41 Å². The summed E-state index contributed by atoms with van der Waals surface area (Å²) >= 11 is 0. The molecular formula is C13H19F6N3O5S2. The molecule has 29 heavy (non-hydrogen) atoms. The summed E-state index contributed by atoms with van der Waals surface area (Å²) in [7, 11) is -13.4. The first-order valence-corrected chi connectivity index (χ1v) is 10.9. The summed E-state index contributed by atoms with van der Waals surface area (Å²) in [5.74, 6) is 0. The van der Waals surface area contributed by atoms with Crippen molar-refractivity contribution in [3.8, 4) is 0 Å². The third-order valence-electron chi connectivity index (χ3n) is 3.98. The highest BCUT2D eigenvalue weighted by molar-refractivity contribution is 8.13. The highest BCUT2D eigenvalue weighted by Gasteiger charge is 2.47. The molecule has 0 aromatic carbocycles. The minimum absolute atomic E-state index is 0.407. The van der Waals surface area contributed by atoms with Gasteiger partial charge in [0.15, 0.2) is 20.0 Å². The highest BCUT2D eigenvalue weighted by atomic mass is 32.3. The van der Waals surface area contributed by atoms with Crippen molar-refractivity contribution in [1.29, 1.82) is 0 Å². The lowest BCUT2D eigenvalue weighted by atomic mass is 9.83. The van der Waals surface area contributed by atoms with Crippen molar-refractivity contribution in [3.05, 3.63) is 22.8 Å². The fourth-order valence-electron chi connectivity index (χ4n) is 2.12. The topological polar surface area (TPSA) is 100 Å². The molecule has 1 aliphatic rings. The average Bonchev–Trinajstić information content (AvgIpc) is 2.96. The second kappa shape index (κ2) is 8.77. The van der Waals surface area contributed by atoms with Crippen molar-refractivity contribution in [2.75, 3.05) is 13.2 Å². The number of sulfonamides is 2. The van der Waals surface area contributed by atoms with Crippen LogP contribution in [-0.4, -0.2) is 45.6 Å². The molecule has 1 aromatic rings. The molecule has 0 spiro atoms. The van der Waals surface area contributed by atoms with E-state index >= 15 is 0 Å². The van der Waals surface area contributed by atoms with E-state index in [0.717, 1.165) is 30.4 Å². The van der Waals surface area contributed by atoms with Crippen LogP contribution in [0.25, 0.3) is 4.13 Å². The number of hydrogen-bond donors (Lipinski definition) is 0. The van der Waals surface area contributed by atoms with Gasteiger partial charge in [-0.05, 0) is 13.3 Å². The molecule has 1 aliphatic heterocycles. The molecule has 0 unspecified atom stereocenters. The van der Waals surface area contributed by atoms with Crippen LogP contribution in [0.3, 0.4) is 0 Å². The zero-order valence-electron chi connectivity index (χ0n) is 15.2. The Labute approximate surface area is 163 Å². The van der Waals surface area contributed by atoms with Crippen LogP contribution in [-0.2, 0) is 37.9 Å². The Morgan fingerprint density at radius 3 is 1.79 bits per heavy atom. The number of hydrogen-bond acceptors (Lipinski definition) is 5. The zero-order valence-corrected chi connectivity index (χ0v) is 16.9. The third-order valence-corrected chi connectivity index (χ3v) is 6.72. The number of imidazole rings is 1. The van der Waals surface area contributed by atoms with Crippen LogP contribution >= 0.6 is 0 Å². The van der Waals surface area contributed by atoms with Gasteiger partial charge in [-0.2, -0.15) is 26.3 Å². The molecule has 2 rings (SSSR count). The van der Waals surface area contributed by atoms with E-state index in [2.05, 4.69) is 41.7 Å². The van der Waals surface area contributed by atoms with Crippen LogP contribution in [0.2, 0.25) is 0 Å². The number of aromatic nitrogens is 2. The normalized spacial score (nSPS) is 17.2. The molecule has 2 heterocycles. The van der Waals surface area contributed by atoms with Crippen LogP contribution in [0, 0.1) is 5.41 Å². The summed E-state index contributed by atoms with van der Waals surface area (Å²) in [5, 5.41) is 0. The number of ether oxygens (including phenoxy) is 1. The van der Waals surface area contributed by atoms with E-state index in [9.17, 15) is 43.2 Å². The quantitative estimate of drug-likeness (QED) is 0.464. The van der Waals surface area contributed by atoms with Gasteiger partial charge in [0.05, 0.1) is 31.7 Å². The van der Waals surface area contributed by atoms with Crippen LogP contribution in [0.1, 0.15) is 20.3 Å². The van der Waals surface area contributed by atoms with Gasteiger partial charge in [-0.1, -0.05) is 6.92 Å². The Kier molecular flexibility index (Phi) is 7.76. The SMILES string of the molecule is CCn1cc[n+](CC2(CC)COC2)c1.O=S(=O)([N-]S(=O)(=O)C(F)(F)F)C(F)(F)F. The monoisotopic (exact) mass is 475 g/mol. The Morgan fingerprint density at radius 2 is 1.52 bits per heavy atom. The molecule has 0 N–H and O–H groups in total. The summed E-state index contributed by atoms with van der Waals surface area (Å²) in [6.45, 7) is 8.40. The summed E-state index contributed by atoms with van der Waals surface area (Å²) in [6, 6.07) is 0. The van der Waals surface area contributed by atoms with E-state index < -0.39 is 31.1 Å². The van der Waals surface area contributed by atoms with Gasteiger partial charge >= 0.3 is 11.0 Å². The van der Waals surface area contributed by atoms with Crippen molar-refractivity contribution in [3.63, 3.8) is 0 Å². The van der Waals surface area contributed by atoms with Crippen molar-refractivity contribution < 1.29 is 52.5 Å².